The second-order valence-corrected chi connectivity index (χ2v) is 6.96. The molecular formula is C19H23FN4O. The third-order valence-corrected chi connectivity index (χ3v) is 5.06. The quantitative estimate of drug-likeness (QED) is 0.857. The summed E-state index contributed by atoms with van der Waals surface area (Å²) >= 11 is 0. The maximum Gasteiger partial charge on any atom is 0.147 e. The van der Waals surface area contributed by atoms with Crippen molar-refractivity contribution in [3.05, 3.63) is 54.2 Å². The molecule has 0 saturated carbocycles. The largest absolute Gasteiger partial charge is 0.370 e. The molecule has 0 aliphatic carbocycles. The predicted octanol–water partition coefficient (Wildman–Crippen LogP) is 2.49. The zero-order valence-electron chi connectivity index (χ0n) is 14.3. The first-order chi connectivity index (χ1) is 12.2. The molecule has 6 heteroatoms. The number of piperidine rings is 1. The molecule has 25 heavy (non-hydrogen) atoms. The van der Waals surface area contributed by atoms with Crippen molar-refractivity contribution in [1.29, 1.82) is 0 Å². The number of rotatable bonds is 3. The van der Waals surface area contributed by atoms with Crippen molar-refractivity contribution in [2.75, 3.05) is 37.7 Å². The smallest absolute Gasteiger partial charge is 0.147 e. The lowest BCUT2D eigenvalue weighted by Crippen LogP contribution is -2.59. The van der Waals surface area contributed by atoms with Crippen LogP contribution in [0.4, 0.5) is 10.2 Å². The van der Waals surface area contributed by atoms with E-state index in [1.807, 2.05) is 18.3 Å². The first kappa shape index (κ1) is 16.4. The van der Waals surface area contributed by atoms with Crippen molar-refractivity contribution < 1.29 is 9.13 Å². The highest BCUT2D eigenvalue weighted by molar-refractivity contribution is 5.37. The summed E-state index contributed by atoms with van der Waals surface area (Å²) in [6.45, 7) is 5.19. The number of anilines is 1. The second-order valence-electron chi connectivity index (χ2n) is 6.96. The fourth-order valence-corrected chi connectivity index (χ4v) is 3.90. The Morgan fingerprint density at radius 2 is 2.00 bits per heavy atom. The number of halogens is 1. The van der Waals surface area contributed by atoms with Crippen molar-refractivity contribution in [2.45, 2.75) is 25.0 Å². The normalized spacial score (nSPS) is 24.6. The fraction of sp³-hybridized carbons (Fsp3) is 0.474. The van der Waals surface area contributed by atoms with Crippen LogP contribution >= 0.6 is 0 Å². The number of ether oxygens (including phenoxy) is 1. The highest BCUT2D eigenvalue weighted by atomic mass is 19.1. The third kappa shape index (κ3) is 3.80. The standard InChI is InChI=1S/C19H23FN4O/c20-17-4-2-16(3-5-17)13-23-10-11-25-19(14-23)6-1-9-24(15-19)18-12-21-7-8-22-18/h2-5,7-8,12H,1,6,9-11,13-15H2/t19-/m1/s1. The number of aromatic nitrogens is 2. The van der Waals surface area contributed by atoms with Crippen LogP contribution in [-0.4, -0.2) is 53.3 Å². The van der Waals surface area contributed by atoms with Gasteiger partial charge >= 0.3 is 0 Å². The molecule has 1 atom stereocenters. The molecule has 0 unspecified atom stereocenters. The summed E-state index contributed by atoms with van der Waals surface area (Å²) in [7, 11) is 0. The van der Waals surface area contributed by atoms with Crippen LogP contribution in [0.5, 0.6) is 0 Å². The van der Waals surface area contributed by atoms with E-state index in [1.54, 1.807) is 12.4 Å². The van der Waals surface area contributed by atoms with E-state index in [0.717, 1.165) is 63.6 Å². The zero-order valence-corrected chi connectivity index (χ0v) is 14.3. The molecule has 1 spiro atoms. The van der Waals surface area contributed by atoms with Gasteiger partial charge in [-0.1, -0.05) is 12.1 Å². The van der Waals surface area contributed by atoms with Crippen molar-refractivity contribution in [1.82, 2.24) is 14.9 Å². The molecular weight excluding hydrogens is 319 g/mol. The van der Waals surface area contributed by atoms with Crippen LogP contribution in [0, 0.1) is 5.82 Å². The summed E-state index contributed by atoms with van der Waals surface area (Å²) < 4.78 is 19.4. The van der Waals surface area contributed by atoms with Gasteiger partial charge < -0.3 is 9.64 Å². The highest BCUT2D eigenvalue weighted by Gasteiger charge is 2.40. The van der Waals surface area contributed by atoms with Gasteiger partial charge in [0, 0.05) is 45.1 Å². The molecule has 2 aliphatic rings. The molecule has 0 radical (unpaired) electrons. The Morgan fingerprint density at radius 3 is 2.80 bits per heavy atom. The van der Waals surface area contributed by atoms with Gasteiger partial charge in [-0.2, -0.15) is 0 Å². The number of hydrogen-bond acceptors (Lipinski definition) is 5. The summed E-state index contributed by atoms with van der Waals surface area (Å²) in [4.78, 5) is 13.3. The Hall–Kier alpha value is -2.05. The molecule has 0 N–H and O–H groups in total. The van der Waals surface area contributed by atoms with Gasteiger partial charge in [0.15, 0.2) is 0 Å². The van der Waals surface area contributed by atoms with E-state index in [4.69, 9.17) is 4.74 Å². The minimum Gasteiger partial charge on any atom is -0.370 e. The van der Waals surface area contributed by atoms with E-state index < -0.39 is 0 Å². The molecule has 1 aromatic heterocycles. The lowest BCUT2D eigenvalue weighted by Gasteiger charge is -2.48. The molecule has 3 heterocycles. The van der Waals surface area contributed by atoms with Crippen LogP contribution in [0.15, 0.2) is 42.9 Å². The minimum absolute atomic E-state index is 0.159. The van der Waals surface area contributed by atoms with Gasteiger partial charge in [0.2, 0.25) is 0 Å². The Balaban J connectivity index is 1.45. The van der Waals surface area contributed by atoms with Crippen LogP contribution < -0.4 is 4.90 Å². The third-order valence-electron chi connectivity index (χ3n) is 5.06. The van der Waals surface area contributed by atoms with Crippen LogP contribution in [0.2, 0.25) is 0 Å². The highest BCUT2D eigenvalue weighted by Crippen LogP contribution is 2.31. The van der Waals surface area contributed by atoms with E-state index in [-0.39, 0.29) is 11.4 Å². The fourth-order valence-electron chi connectivity index (χ4n) is 3.90. The van der Waals surface area contributed by atoms with E-state index >= 15 is 0 Å². The summed E-state index contributed by atoms with van der Waals surface area (Å²) in [5.74, 6) is 0.731. The van der Waals surface area contributed by atoms with Gasteiger partial charge in [-0.3, -0.25) is 9.88 Å². The van der Waals surface area contributed by atoms with E-state index in [1.165, 1.54) is 12.1 Å². The van der Waals surface area contributed by atoms with E-state index in [2.05, 4.69) is 19.8 Å². The van der Waals surface area contributed by atoms with Crippen LogP contribution in [0.1, 0.15) is 18.4 Å². The lowest BCUT2D eigenvalue weighted by atomic mass is 9.90. The van der Waals surface area contributed by atoms with Crippen molar-refractivity contribution in [3.8, 4) is 0 Å². The van der Waals surface area contributed by atoms with Gasteiger partial charge in [-0.25, -0.2) is 9.37 Å². The molecule has 2 aromatic rings. The minimum atomic E-state index is -0.186. The second kappa shape index (κ2) is 7.06. The molecule has 2 saturated heterocycles. The lowest BCUT2D eigenvalue weighted by molar-refractivity contribution is -0.116. The molecule has 0 amide bonds. The topological polar surface area (TPSA) is 41.5 Å². The Morgan fingerprint density at radius 1 is 1.12 bits per heavy atom. The number of morpholine rings is 1. The Labute approximate surface area is 147 Å². The molecule has 5 nitrogen and oxygen atoms in total. The SMILES string of the molecule is Fc1ccc(CN2CCO[C@]3(CCCN(c4cnccn4)C3)C2)cc1. The first-order valence-electron chi connectivity index (χ1n) is 8.84. The molecule has 2 aliphatic heterocycles. The average Bonchev–Trinajstić information content (AvgIpc) is 2.65. The first-order valence-corrected chi connectivity index (χ1v) is 8.84. The number of benzene rings is 1. The summed E-state index contributed by atoms with van der Waals surface area (Å²) in [6, 6.07) is 6.79. The molecule has 1 aromatic carbocycles. The predicted molar refractivity (Wildman–Crippen MR) is 93.8 cm³/mol. The van der Waals surface area contributed by atoms with Gasteiger partial charge in [0.05, 0.1) is 18.4 Å². The van der Waals surface area contributed by atoms with E-state index in [0.29, 0.717) is 0 Å². The summed E-state index contributed by atoms with van der Waals surface area (Å²) in [5.41, 5.74) is 0.980. The van der Waals surface area contributed by atoms with Crippen molar-refractivity contribution >= 4 is 5.82 Å². The number of nitrogens with zero attached hydrogens (tertiary/aromatic N) is 4. The molecule has 2 fully saturated rings. The molecule has 132 valence electrons. The van der Waals surface area contributed by atoms with Crippen molar-refractivity contribution in [3.63, 3.8) is 0 Å². The zero-order chi connectivity index (χ0) is 17.1. The summed E-state index contributed by atoms with van der Waals surface area (Å²) in [6.07, 6.45) is 7.40. The van der Waals surface area contributed by atoms with Gasteiger partial charge in [0.25, 0.3) is 0 Å². The average molecular weight is 342 g/mol. The Kier molecular flexibility index (Phi) is 4.63. The monoisotopic (exact) mass is 342 g/mol. The summed E-state index contributed by atoms with van der Waals surface area (Å²) in [5, 5.41) is 0. The van der Waals surface area contributed by atoms with Crippen LogP contribution in [0.25, 0.3) is 0 Å². The molecule has 0 bridgehead atoms. The van der Waals surface area contributed by atoms with E-state index in [9.17, 15) is 4.39 Å². The van der Waals surface area contributed by atoms with Crippen molar-refractivity contribution in [2.24, 2.45) is 0 Å². The maximum atomic E-state index is 13.1. The van der Waals surface area contributed by atoms with Gasteiger partial charge in [0.1, 0.15) is 11.6 Å². The number of hydrogen-bond donors (Lipinski definition) is 0. The van der Waals surface area contributed by atoms with Crippen LogP contribution in [0.3, 0.4) is 0 Å². The molecule has 4 rings (SSSR count). The Bertz CT molecular complexity index is 692. The van der Waals surface area contributed by atoms with Gasteiger partial charge in [-0.05, 0) is 30.5 Å². The van der Waals surface area contributed by atoms with Crippen LogP contribution in [-0.2, 0) is 11.3 Å². The van der Waals surface area contributed by atoms with Gasteiger partial charge in [-0.15, -0.1) is 0 Å². The maximum absolute atomic E-state index is 13.1.